The van der Waals surface area contributed by atoms with Crippen molar-refractivity contribution in [1.29, 1.82) is 0 Å². The molecule has 0 spiro atoms. The lowest BCUT2D eigenvalue weighted by molar-refractivity contribution is -0.385. The second kappa shape index (κ2) is 10.1. The fourth-order valence-corrected chi connectivity index (χ4v) is 3.82. The number of carbonyl (C=O) groups excluding carboxylic acids is 3. The maximum atomic E-state index is 13.0. The second-order valence-corrected chi connectivity index (χ2v) is 8.51. The number of benzene rings is 3. The quantitative estimate of drug-likeness (QED) is 0.166. The first-order chi connectivity index (χ1) is 17.8. The molecule has 38 heavy (non-hydrogen) atoms. The number of rotatable bonds is 5. The molecule has 0 bridgehead atoms. The molecule has 1 aliphatic heterocycles. The number of barbiturate groups is 1. The smallest absolute Gasteiger partial charge is 0.416 e. The molecule has 0 aliphatic carbocycles. The van der Waals surface area contributed by atoms with Gasteiger partial charge in [0, 0.05) is 11.1 Å². The third-order valence-electron chi connectivity index (χ3n) is 5.14. The van der Waals surface area contributed by atoms with Gasteiger partial charge in [-0.3, -0.25) is 25.0 Å². The van der Waals surface area contributed by atoms with E-state index in [0.717, 1.165) is 17.0 Å². The number of halogens is 5. The average molecular weight is 566 g/mol. The van der Waals surface area contributed by atoms with Gasteiger partial charge < -0.3 is 4.74 Å². The Morgan fingerprint density at radius 1 is 0.974 bits per heavy atom. The molecule has 1 heterocycles. The summed E-state index contributed by atoms with van der Waals surface area (Å²) in [5.41, 5.74) is -2.24. The summed E-state index contributed by atoms with van der Waals surface area (Å²) in [7, 11) is 0. The maximum absolute atomic E-state index is 13.0. The largest absolute Gasteiger partial charge is 0.449 e. The lowest BCUT2D eigenvalue weighted by Gasteiger charge is -2.26. The number of alkyl halides is 3. The molecule has 0 aromatic heterocycles. The molecule has 1 saturated heterocycles. The zero-order chi connectivity index (χ0) is 27.8. The maximum Gasteiger partial charge on any atom is 0.416 e. The Labute approximate surface area is 221 Å². The van der Waals surface area contributed by atoms with Gasteiger partial charge in [-0.25, -0.2) is 9.69 Å². The number of nitrogens with one attached hydrogen (secondary N) is 1. The van der Waals surface area contributed by atoms with E-state index in [2.05, 4.69) is 5.32 Å². The van der Waals surface area contributed by atoms with Gasteiger partial charge in [0.2, 0.25) is 5.75 Å². The van der Waals surface area contributed by atoms with Gasteiger partial charge in [0.05, 0.1) is 21.2 Å². The molecule has 4 amide bonds. The molecule has 0 unspecified atom stereocenters. The Morgan fingerprint density at radius 3 is 2.32 bits per heavy atom. The number of nitro groups is 1. The summed E-state index contributed by atoms with van der Waals surface area (Å²) in [4.78, 5) is 48.7. The van der Waals surface area contributed by atoms with Crippen LogP contribution in [0.2, 0.25) is 10.0 Å². The van der Waals surface area contributed by atoms with E-state index >= 15 is 0 Å². The molecule has 3 aromatic carbocycles. The minimum Gasteiger partial charge on any atom is -0.449 e. The number of hydrogen-bond acceptors (Lipinski definition) is 6. The summed E-state index contributed by atoms with van der Waals surface area (Å²) in [5.74, 6) is -2.53. The van der Waals surface area contributed by atoms with Crippen molar-refractivity contribution >= 4 is 58.5 Å². The van der Waals surface area contributed by atoms with Gasteiger partial charge in [-0.15, -0.1) is 0 Å². The van der Waals surface area contributed by atoms with Crippen LogP contribution in [0.3, 0.4) is 0 Å². The number of anilines is 1. The van der Waals surface area contributed by atoms with E-state index in [1.54, 1.807) is 0 Å². The molecule has 0 radical (unpaired) electrons. The standard InChI is InChI=1S/C24H12Cl2F3N3O6/c25-14-2-1-3-15(11-14)31-22(34)16(21(33)30-23(31)35)8-12-4-6-19(17(26)9-12)38-20-7-5-13(24(27,28)29)10-18(20)32(36)37/h1-11H,(H,30,33,35)/b16-8+. The normalized spacial score (nSPS) is 15.0. The van der Waals surface area contributed by atoms with Crippen LogP contribution < -0.4 is 15.0 Å². The van der Waals surface area contributed by atoms with Crippen molar-refractivity contribution in [3.63, 3.8) is 0 Å². The second-order valence-electron chi connectivity index (χ2n) is 7.67. The monoisotopic (exact) mass is 565 g/mol. The first kappa shape index (κ1) is 26.6. The SMILES string of the molecule is O=C1NC(=O)N(c2cccc(Cl)c2)C(=O)/C1=C/c1ccc(Oc2ccc(C(F)(F)F)cc2[N+](=O)[O-])c(Cl)c1. The van der Waals surface area contributed by atoms with Crippen molar-refractivity contribution in [2.24, 2.45) is 0 Å². The van der Waals surface area contributed by atoms with E-state index in [4.69, 9.17) is 27.9 Å². The van der Waals surface area contributed by atoms with Crippen LogP contribution in [0, 0.1) is 10.1 Å². The van der Waals surface area contributed by atoms with Gasteiger partial charge in [0.1, 0.15) is 11.3 Å². The number of nitrogens with zero attached hydrogens (tertiary/aromatic N) is 2. The van der Waals surface area contributed by atoms with Crippen molar-refractivity contribution in [2.75, 3.05) is 4.90 Å². The Hall–Kier alpha value is -4.42. The van der Waals surface area contributed by atoms with Crippen molar-refractivity contribution in [1.82, 2.24) is 5.32 Å². The minimum atomic E-state index is -4.80. The fraction of sp³-hybridized carbons (Fsp3) is 0.0417. The highest BCUT2D eigenvalue weighted by Gasteiger charge is 2.37. The van der Waals surface area contributed by atoms with E-state index in [-0.39, 0.29) is 27.0 Å². The summed E-state index contributed by atoms with van der Waals surface area (Å²) in [6.07, 6.45) is -3.65. The van der Waals surface area contributed by atoms with Crippen LogP contribution in [0.4, 0.5) is 29.3 Å². The van der Waals surface area contributed by atoms with Crippen LogP contribution in [-0.4, -0.2) is 22.8 Å². The molecule has 1 aliphatic rings. The van der Waals surface area contributed by atoms with Crippen LogP contribution in [0.1, 0.15) is 11.1 Å². The molecule has 0 saturated carbocycles. The zero-order valence-electron chi connectivity index (χ0n) is 18.6. The molecular formula is C24H12Cl2F3N3O6. The summed E-state index contributed by atoms with van der Waals surface area (Å²) in [6, 6.07) is 10.4. The van der Waals surface area contributed by atoms with E-state index in [9.17, 15) is 37.7 Å². The number of imide groups is 2. The van der Waals surface area contributed by atoms with E-state index in [1.165, 1.54) is 42.5 Å². The van der Waals surface area contributed by atoms with Gasteiger partial charge in [-0.2, -0.15) is 13.2 Å². The first-order valence-corrected chi connectivity index (χ1v) is 11.1. The number of carbonyl (C=O) groups is 3. The predicted molar refractivity (Wildman–Crippen MR) is 130 cm³/mol. The van der Waals surface area contributed by atoms with E-state index < -0.39 is 51.5 Å². The number of hydrogen-bond donors (Lipinski definition) is 1. The first-order valence-electron chi connectivity index (χ1n) is 10.3. The highest BCUT2D eigenvalue weighted by atomic mass is 35.5. The van der Waals surface area contributed by atoms with Crippen molar-refractivity contribution < 1.29 is 37.2 Å². The lowest BCUT2D eigenvalue weighted by atomic mass is 10.1. The van der Waals surface area contributed by atoms with Crippen LogP contribution in [0.15, 0.2) is 66.2 Å². The topological polar surface area (TPSA) is 119 Å². The molecular weight excluding hydrogens is 554 g/mol. The van der Waals surface area contributed by atoms with Crippen molar-refractivity contribution in [2.45, 2.75) is 6.18 Å². The number of ether oxygens (including phenoxy) is 1. The van der Waals surface area contributed by atoms with Crippen molar-refractivity contribution in [3.8, 4) is 11.5 Å². The average Bonchev–Trinajstić information content (AvgIpc) is 2.82. The van der Waals surface area contributed by atoms with Crippen LogP contribution >= 0.6 is 23.2 Å². The summed E-state index contributed by atoms with van der Waals surface area (Å²) < 4.78 is 44.2. The highest BCUT2D eigenvalue weighted by Crippen LogP contribution is 2.39. The summed E-state index contributed by atoms with van der Waals surface area (Å²) >= 11 is 12.1. The number of amides is 4. The van der Waals surface area contributed by atoms with Gasteiger partial charge >= 0.3 is 17.9 Å². The Bertz CT molecular complexity index is 1540. The molecule has 3 aromatic rings. The van der Waals surface area contributed by atoms with Gasteiger partial charge in [0.25, 0.3) is 11.8 Å². The molecule has 194 valence electrons. The molecule has 0 atom stereocenters. The van der Waals surface area contributed by atoms with Crippen LogP contribution in [0.25, 0.3) is 6.08 Å². The van der Waals surface area contributed by atoms with Gasteiger partial charge in [-0.1, -0.05) is 35.3 Å². The molecule has 1 fully saturated rings. The Morgan fingerprint density at radius 2 is 1.68 bits per heavy atom. The predicted octanol–water partition coefficient (Wildman–Crippen LogP) is 6.38. The van der Waals surface area contributed by atoms with Crippen LogP contribution in [0.5, 0.6) is 11.5 Å². The third kappa shape index (κ3) is 5.45. The van der Waals surface area contributed by atoms with Crippen molar-refractivity contribution in [3.05, 3.63) is 97.5 Å². The highest BCUT2D eigenvalue weighted by molar-refractivity contribution is 6.39. The molecule has 9 nitrogen and oxygen atoms in total. The van der Waals surface area contributed by atoms with E-state index in [1.807, 2.05) is 0 Å². The fourth-order valence-electron chi connectivity index (χ4n) is 3.40. The van der Waals surface area contributed by atoms with E-state index in [0.29, 0.717) is 12.1 Å². The minimum absolute atomic E-state index is 0.123. The Balaban J connectivity index is 1.64. The molecule has 4 rings (SSSR count). The summed E-state index contributed by atoms with van der Waals surface area (Å²) in [6.45, 7) is 0. The number of urea groups is 1. The third-order valence-corrected chi connectivity index (χ3v) is 5.67. The van der Waals surface area contributed by atoms with Gasteiger partial charge in [-0.05, 0) is 54.1 Å². The zero-order valence-corrected chi connectivity index (χ0v) is 20.1. The molecule has 1 N–H and O–H groups in total. The van der Waals surface area contributed by atoms with Gasteiger partial charge in [0.15, 0.2) is 0 Å². The summed E-state index contributed by atoms with van der Waals surface area (Å²) in [5, 5.41) is 13.5. The molecule has 14 heteroatoms. The Kier molecular flexibility index (Phi) is 7.11. The lowest BCUT2D eigenvalue weighted by Crippen LogP contribution is -2.54. The van der Waals surface area contributed by atoms with Crippen LogP contribution in [-0.2, 0) is 15.8 Å². The number of nitro benzene ring substituents is 1.